The smallest absolute Gasteiger partial charge is 0.303 e. The summed E-state index contributed by atoms with van der Waals surface area (Å²) < 4.78 is 34.8. The number of fused-ring (bicyclic) bond motifs is 1. The zero-order chi connectivity index (χ0) is 26.8. The number of carbonyl (C=O) groups excluding carboxylic acids is 2. The molecule has 2 N–H and O–H groups in total. The van der Waals surface area contributed by atoms with Crippen molar-refractivity contribution in [3.05, 3.63) is 53.1 Å². The van der Waals surface area contributed by atoms with Crippen LogP contribution in [0.2, 0.25) is 0 Å². The highest BCUT2D eigenvalue weighted by Gasteiger charge is 2.37. The van der Waals surface area contributed by atoms with Crippen LogP contribution in [0.15, 0.2) is 35.2 Å². The molecule has 7 nitrogen and oxygen atoms in total. The van der Waals surface area contributed by atoms with E-state index in [1.54, 1.807) is 43.9 Å². The number of hydrogen-bond donors (Lipinski definition) is 2. The maximum Gasteiger partial charge on any atom is 0.303 e. The van der Waals surface area contributed by atoms with Crippen molar-refractivity contribution in [2.24, 2.45) is 5.92 Å². The van der Waals surface area contributed by atoms with Gasteiger partial charge < -0.3 is 20.1 Å². The quantitative estimate of drug-likeness (QED) is 0.529. The van der Waals surface area contributed by atoms with Crippen molar-refractivity contribution in [3.63, 3.8) is 0 Å². The molecule has 2 aromatic carbocycles. The van der Waals surface area contributed by atoms with Crippen LogP contribution in [0, 0.1) is 17.6 Å². The molecule has 0 aromatic heterocycles. The standard InChI is InChI=1S/C26H32F2N2O5S/c1-15(11-23(32)33)10-22(31)30-9-8-16-12-18(35-2)6-7-19(16)24(30)26(34)29-17-13-20(27)25(21(28)14-17)36(3,4)5/h6-7,12-15,24H,8-11H2,1-5H3,(H,29,34)(H,32,33)/t15?,24-/m1/s1. The number of carbonyl (C=O) groups is 3. The summed E-state index contributed by atoms with van der Waals surface area (Å²) in [6.07, 6.45) is 5.57. The number of halogens is 2. The predicted octanol–water partition coefficient (Wildman–Crippen LogP) is 4.59. The number of nitrogens with one attached hydrogen (secondary N) is 1. The number of carboxylic acid groups (broad SMARTS) is 1. The van der Waals surface area contributed by atoms with Gasteiger partial charge in [0, 0.05) is 25.1 Å². The lowest BCUT2D eigenvalue weighted by Gasteiger charge is -2.37. The Balaban J connectivity index is 1.95. The fraction of sp³-hybridized carbons (Fsp3) is 0.423. The first kappa shape index (κ1) is 27.4. The van der Waals surface area contributed by atoms with Gasteiger partial charge in [-0.2, -0.15) is 0 Å². The maximum absolute atomic E-state index is 14.8. The molecule has 1 aliphatic rings. The molecule has 0 saturated carbocycles. The minimum absolute atomic E-state index is 0.000159. The molecule has 196 valence electrons. The maximum atomic E-state index is 14.8. The fourth-order valence-electron chi connectivity index (χ4n) is 4.50. The van der Waals surface area contributed by atoms with Gasteiger partial charge in [0.15, 0.2) is 0 Å². The van der Waals surface area contributed by atoms with Crippen LogP contribution in [-0.2, 0) is 20.8 Å². The average Bonchev–Trinajstić information content (AvgIpc) is 2.75. The molecule has 0 radical (unpaired) electrons. The normalized spacial score (nSPS) is 16.6. The topological polar surface area (TPSA) is 95.9 Å². The molecule has 0 aliphatic carbocycles. The number of hydrogen-bond acceptors (Lipinski definition) is 4. The third-order valence-electron chi connectivity index (χ3n) is 6.07. The minimum Gasteiger partial charge on any atom is -0.497 e. The van der Waals surface area contributed by atoms with E-state index in [9.17, 15) is 23.2 Å². The Bertz CT molecular complexity index is 1160. The van der Waals surface area contributed by atoms with E-state index >= 15 is 0 Å². The van der Waals surface area contributed by atoms with Crippen molar-refractivity contribution >= 4 is 33.5 Å². The van der Waals surface area contributed by atoms with Crippen LogP contribution in [0.3, 0.4) is 0 Å². The molecule has 0 saturated heterocycles. The highest BCUT2D eigenvalue weighted by atomic mass is 32.3. The Morgan fingerprint density at radius 1 is 1.14 bits per heavy atom. The van der Waals surface area contributed by atoms with Crippen molar-refractivity contribution in [3.8, 4) is 5.75 Å². The van der Waals surface area contributed by atoms with E-state index in [2.05, 4.69) is 5.32 Å². The lowest BCUT2D eigenvalue weighted by Crippen LogP contribution is -2.45. The summed E-state index contributed by atoms with van der Waals surface area (Å²) in [6.45, 7) is 1.89. The number of nitrogens with zero attached hydrogens (tertiary/aromatic N) is 1. The molecule has 3 rings (SSSR count). The van der Waals surface area contributed by atoms with E-state index in [0.717, 1.165) is 17.7 Å². The van der Waals surface area contributed by atoms with Crippen molar-refractivity contribution in [1.29, 1.82) is 0 Å². The Morgan fingerprint density at radius 3 is 2.33 bits per heavy atom. The summed E-state index contributed by atoms with van der Waals surface area (Å²) in [4.78, 5) is 39.1. The highest BCUT2D eigenvalue weighted by Crippen LogP contribution is 2.48. The van der Waals surface area contributed by atoms with Crippen LogP contribution in [-0.4, -0.2) is 60.2 Å². The van der Waals surface area contributed by atoms with E-state index in [-0.39, 0.29) is 35.9 Å². The highest BCUT2D eigenvalue weighted by molar-refractivity contribution is 8.32. The minimum atomic E-state index is -1.69. The molecule has 1 heterocycles. The summed E-state index contributed by atoms with van der Waals surface area (Å²) in [5.74, 6) is -3.29. The van der Waals surface area contributed by atoms with E-state index in [0.29, 0.717) is 17.7 Å². The van der Waals surface area contributed by atoms with Crippen molar-refractivity contribution in [1.82, 2.24) is 4.90 Å². The molecule has 0 spiro atoms. The van der Waals surface area contributed by atoms with Crippen molar-refractivity contribution in [2.45, 2.75) is 37.1 Å². The van der Waals surface area contributed by atoms with E-state index in [4.69, 9.17) is 9.84 Å². The molecule has 0 fully saturated rings. The van der Waals surface area contributed by atoms with Gasteiger partial charge in [-0.25, -0.2) is 18.8 Å². The molecule has 2 atom stereocenters. The molecular weight excluding hydrogens is 490 g/mol. The largest absolute Gasteiger partial charge is 0.497 e. The monoisotopic (exact) mass is 522 g/mol. The van der Waals surface area contributed by atoms with Gasteiger partial charge in [-0.05, 0) is 66.5 Å². The molecule has 0 bridgehead atoms. The Morgan fingerprint density at radius 2 is 1.78 bits per heavy atom. The van der Waals surface area contributed by atoms with Crippen LogP contribution in [0.25, 0.3) is 0 Å². The van der Waals surface area contributed by atoms with Crippen LogP contribution in [0.1, 0.15) is 36.9 Å². The summed E-state index contributed by atoms with van der Waals surface area (Å²) in [6, 6.07) is 6.31. The second kappa shape index (κ2) is 10.9. The van der Waals surface area contributed by atoms with Crippen LogP contribution >= 0.6 is 10.0 Å². The fourth-order valence-corrected chi connectivity index (χ4v) is 5.78. The lowest BCUT2D eigenvalue weighted by atomic mass is 9.90. The number of rotatable bonds is 8. The lowest BCUT2D eigenvalue weighted by molar-refractivity contribution is -0.141. The Hall–Kier alpha value is -3.14. The van der Waals surface area contributed by atoms with E-state index in [1.165, 1.54) is 12.0 Å². The predicted molar refractivity (Wildman–Crippen MR) is 136 cm³/mol. The van der Waals surface area contributed by atoms with Crippen LogP contribution in [0.4, 0.5) is 14.5 Å². The summed E-state index contributed by atoms with van der Waals surface area (Å²) in [5.41, 5.74) is 1.35. The molecule has 1 unspecified atom stereocenters. The zero-order valence-corrected chi connectivity index (χ0v) is 21.9. The number of methoxy groups -OCH3 is 1. The summed E-state index contributed by atoms with van der Waals surface area (Å²) >= 11 is 0. The number of anilines is 1. The van der Waals surface area contributed by atoms with Gasteiger partial charge in [-0.15, -0.1) is 0 Å². The second-order valence-electron chi connectivity index (χ2n) is 9.81. The van der Waals surface area contributed by atoms with Gasteiger partial charge in [-0.3, -0.25) is 14.4 Å². The average molecular weight is 523 g/mol. The number of carboxylic acids is 1. The van der Waals surface area contributed by atoms with Gasteiger partial charge >= 0.3 is 5.97 Å². The summed E-state index contributed by atoms with van der Waals surface area (Å²) in [5, 5.41) is 11.6. The molecule has 10 heteroatoms. The Kier molecular flexibility index (Phi) is 8.28. The number of benzene rings is 2. The molecule has 1 aliphatic heterocycles. The SMILES string of the molecule is COc1ccc2c(c1)CCN(C(=O)CC(C)CC(=O)O)[C@H]2C(=O)Nc1cc(F)c(S(C)(C)C)c(F)c1. The summed E-state index contributed by atoms with van der Waals surface area (Å²) in [7, 11) is -0.158. The first-order chi connectivity index (χ1) is 16.8. The van der Waals surface area contributed by atoms with Crippen LogP contribution < -0.4 is 10.1 Å². The van der Waals surface area contributed by atoms with Crippen molar-refractivity contribution in [2.75, 3.05) is 37.7 Å². The van der Waals surface area contributed by atoms with Gasteiger partial charge in [-0.1, -0.05) is 13.0 Å². The van der Waals surface area contributed by atoms with Crippen molar-refractivity contribution < 1.29 is 33.0 Å². The zero-order valence-electron chi connectivity index (χ0n) is 21.1. The van der Waals surface area contributed by atoms with E-state index in [1.807, 2.05) is 0 Å². The molecular formula is C26H32F2N2O5S. The third kappa shape index (κ3) is 6.16. The molecule has 2 amide bonds. The third-order valence-corrected chi connectivity index (χ3v) is 7.69. The van der Waals surface area contributed by atoms with Gasteiger partial charge in [0.2, 0.25) is 5.91 Å². The molecule has 2 aromatic rings. The van der Waals surface area contributed by atoms with Crippen LogP contribution in [0.5, 0.6) is 5.75 Å². The number of aliphatic carboxylic acids is 1. The first-order valence-electron chi connectivity index (χ1n) is 11.5. The van der Waals surface area contributed by atoms with Gasteiger partial charge in [0.1, 0.15) is 23.4 Å². The first-order valence-corrected chi connectivity index (χ1v) is 14.3. The second-order valence-corrected chi connectivity index (χ2v) is 13.9. The number of ether oxygens (including phenoxy) is 1. The van der Waals surface area contributed by atoms with Gasteiger partial charge in [0.25, 0.3) is 5.91 Å². The Labute approximate surface area is 211 Å². The van der Waals surface area contributed by atoms with E-state index < -0.39 is 45.5 Å². The van der Waals surface area contributed by atoms with Gasteiger partial charge in [0.05, 0.1) is 12.0 Å². The molecule has 36 heavy (non-hydrogen) atoms. The number of amides is 2.